The number of hydrogen-bond donors (Lipinski definition) is 1. The van der Waals surface area contributed by atoms with E-state index in [1.54, 1.807) is 0 Å². The molecule has 2 atom stereocenters. The lowest BCUT2D eigenvalue weighted by atomic mass is 10.1. The smallest absolute Gasteiger partial charge is 0.150 e. The third-order valence-corrected chi connectivity index (χ3v) is 5.22. The van der Waals surface area contributed by atoms with Gasteiger partial charge in [-0.2, -0.15) is 0 Å². The van der Waals surface area contributed by atoms with Crippen molar-refractivity contribution in [3.8, 4) is 0 Å². The van der Waals surface area contributed by atoms with Crippen LogP contribution in [0, 0.1) is 11.8 Å². The van der Waals surface area contributed by atoms with E-state index in [2.05, 4.69) is 12.2 Å². The van der Waals surface area contributed by atoms with E-state index in [-0.39, 0.29) is 0 Å². The van der Waals surface area contributed by atoms with Gasteiger partial charge in [0.2, 0.25) is 0 Å². The molecule has 0 amide bonds. The van der Waals surface area contributed by atoms with Crippen molar-refractivity contribution in [3.63, 3.8) is 0 Å². The van der Waals surface area contributed by atoms with E-state index in [9.17, 15) is 8.42 Å². The molecule has 0 bridgehead atoms. The molecule has 0 aromatic carbocycles. The Bertz CT molecular complexity index is 295. The second-order valence-electron chi connectivity index (χ2n) is 4.80. The standard InChI is InChI=1S/C10H19NO2S/c1-8(10-2-3-10)11-6-9-4-5-14(12,13)7-9/h8-11H,2-7H2,1H3. The van der Waals surface area contributed by atoms with Crippen molar-refractivity contribution < 1.29 is 8.42 Å². The molecule has 0 spiro atoms. The van der Waals surface area contributed by atoms with E-state index in [1.807, 2.05) is 0 Å². The summed E-state index contributed by atoms with van der Waals surface area (Å²) >= 11 is 0. The van der Waals surface area contributed by atoms with Gasteiger partial charge in [0.1, 0.15) is 0 Å². The van der Waals surface area contributed by atoms with Crippen molar-refractivity contribution in [2.24, 2.45) is 11.8 Å². The lowest BCUT2D eigenvalue weighted by Gasteiger charge is -2.15. The van der Waals surface area contributed by atoms with Crippen LogP contribution in [0.5, 0.6) is 0 Å². The lowest BCUT2D eigenvalue weighted by Crippen LogP contribution is -2.33. The Morgan fingerprint density at radius 2 is 2.07 bits per heavy atom. The molecule has 14 heavy (non-hydrogen) atoms. The molecule has 2 aliphatic rings. The zero-order valence-electron chi connectivity index (χ0n) is 8.70. The zero-order chi connectivity index (χ0) is 10.2. The molecule has 82 valence electrons. The molecular formula is C10H19NO2S. The predicted octanol–water partition coefficient (Wildman–Crippen LogP) is 0.809. The zero-order valence-corrected chi connectivity index (χ0v) is 9.52. The average Bonchev–Trinajstić information content (AvgIpc) is 2.88. The van der Waals surface area contributed by atoms with Gasteiger partial charge >= 0.3 is 0 Å². The van der Waals surface area contributed by atoms with E-state index < -0.39 is 9.84 Å². The van der Waals surface area contributed by atoms with Gasteiger partial charge in [0.25, 0.3) is 0 Å². The predicted molar refractivity (Wildman–Crippen MR) is 56.9 cm³/mol. The Labute approximate surface area is 86.2 Å². The van der Waals surface area contributed by atoms with E-state index in [0.717, 1.165) is 18.9 Å². The average molecular weight is 217 g/mol. The molecule has 1 aliphatic heterocycles. The van der Waals surface area contributed by atoms with Gasteiger partial charge in [0.15, 0.2) is 9.84 Å². The Morgan fingerprint density at radius 3 is 2.57 bits per heavy atom. The third-order valence-electron chi connectivity index (χ3n) is 3.38. The lowest BCUT2D eigenvalue weighted by molar-refractivity contribution is 0.438. The molecule has 1 saturated heterocycles. The van der Waals surface area contributed by atoms with Crippen LogP contribution in [0.2, 0.25) is 0 Å². The number of hydrogen-bond acceptors (Lipinski definition) is 3. The van der Waals surface area contributed by atoms with Gasteiger partial charge in [-0.15, -0.1) is 0 Å². The third kappa shape index (κ3) is 2.70. The molecule has 2 unspecified atom stereocenters. The van der Waals surface area contributed by atoms with E-state index >= 15 is 0 Å². The molecule has 2 rings (SSSR count). The number of rotatable bonds is 4. The first-order chi connectivity index (χ1) is 6.57. The number of sulfone groups is 1. The van der Waals surface area contributed by atoms with E-state index in [0.29, 0.717) is 23.5 Å². The Morgan fingerprint density at radius 1 is 1.36 bits per heavy atom. The van der Waals surface area contributed by atoms with Gasteiger partial charge in [0.05, 0.1) is 11.5 Å². The fourth-order valence-corrected chi connectivity index (χ4v) is 4.01. The molecule has 1 saturated carbocycles. The van der Waals surface area contributed by atoms with Crippen LogP contribution in [0.1, 0.15) is 26.2 Å². The quantitative estimate of drug-likeness (QED) is 0.758. The molecule has 1 aliphatic carbocycles. The van der Waals surface area contributed by atoms with E-state index in [4.69, 9.17) is 0 Å². The fraction of sp³-hybridized carbons (Fsp3) is 1.00. The summed E-state index contributed by atoms with van der Waals surface area (Å²) in [6.45, 7) is 3.10. The molecule has 1 N–H and O–H groups in total. The molecule has 1 heterocycles. The van der Waals surface area contributed by atoms with Crippen molar-refractivity contribution in [1.82, 2.24) is 5.32 Å². The largest absolute Gasteiger partial charge is 0.314 e. The SMILES string of the molecule is CC(NCC1CCS(=O)(=O)C1)C1CC1. The first-order valence-corrected chi connectivity index (χ1v) is 7.33. The summed E-state index contributed by atoms with van der Waals surface area (Å²) in [4.78, 5) is 0. The summed E-state index contributed by atoms with van der Waals surface area (Å²) in [6, 6.07) is 0.582. The summed E-state index contributed by atoms with van der Waals surface area (Å²) in [7, 11) is -2.69. The van der Waals surface area contributed by atoms with Gasteiger partial charge in [-0.25, -0.2) is 8.42 Å². The summed E-state index contributed by atoms with van der Waals surface area (Å²) in [6.07, 6.45) is 3.54. The molecule has 0 radical (unpaired) electrons. The van der Waals surface area contributed by atoms with Gasteiger partial charge < -0.3 is 5.32 Å². The summed E-state index contributed by atoms with van der Waals surface area (Å²) in [5, 5.41) is 3.46. The van der Waals surface area contributed by atoms with Crippen LogP contribution in [-0.2, 0) is 9.84 Å². The molecular weight excluding hydrogens is 198 g/mol. The molecule has 4 heteroatoms. The number of nitrogens with one attached hydrogen (secondary N) is 1. The van der Waals surface area contributed by atoms with Gasteiger partial charge in [-0.05, 0) is 44.6 Å². The van der Waals surface area contributed by atoms with E-state index in [1.165, 1.54) is 12.8 Å². The van der Waals surface area contributed by atoms with Gasteiger partial charge in [-0.1, -0.05) is 0 Å². The van der Waals surface area contributed by atoms with Crippen LogP contribution < -0.4 is 5.32 Å². The summed E-state index contributed by atoms with van der Waals surface area (Å²) in [5.41, 5.74) is 0. The molecule has 2 fully saturated rings. The maximum Gasteiger partial charge on any atom is 0.150 e. The Hall–Kier alpha value is -0.0900. The topological polar surface area (TPSA) is 46.2 Å². The highest BCUT2D eigenvalue weighted by molar-refractivity contribution is 7.91. The highest BCUT2D eigenvalue weighted by Gasteiger charge is 2.31. The van der Waals surface area contributed by atoms with Crippen molar-refractivity contribution >= 4 is 9.84 Å². The van der Waals surface area contributed by atoms with Crippen molar-refractivity contribution in [1.29, 1.82) is 0 Å². The maximum absolute atomic E-state index is 11.2. The monoisotopic (exact) mass is 217 g/mol. The highest BCUT2D eigenvalue weighted by atomic mass is 32.2. The maximum atomic E-state index is 11.2. The highest BCUT2D eigenvalue weighted by Crippen LogP contribution is 2.32. The molecule has 0 aromatic heterocycles. The first kappa shape index (κ1) is 10.4. The molecule has 3 nitrogen and oxygen atoms in total. The van der Waals surface area contributed by atoms with Gasteiger partial charge in [-0.3, -0.25) is 0 Å². The summed E-state index contributed by atoms with van der Waals surface area (Å²) in [5.74, 6) is 2.02. The van der Waals surface area contributed by atoms with Crippen molar-refractivity contribution in [3.05, 3.63) is 0 Å². The first-order valence-electron chi connectivity index (χ1n) is 5.50. The van der Waals surface area contributed by atoms with Crippen LogP contribution in [0.15, 0.2) is 0 Å². The van der Waals surface area contributed by atoms with Crippen LogP contribution in [0.25, 0.3) is 0 Å². The van der Waals surface area contributed by atoms with Crippen LogP contribution in [-0.4, -0.2) is 32.5 Å². The second-order valence-corrected chi connectivity index (χ2v) is 7.03. The fourth-order valence-electron chi connectivity index (χ4n) is 2.15. The van der Waals surface area contributed by atoms with Crippen LogP contribution in [0.4, 0.5) is 0 Å². The minimum Gasteiger partial charge on any atom is -0.314 e. The minimum absolute atomic E-state index is 0.362. The Balaban J connectivity index is 1.71. The molecule has 0 aromatic rings. The Kier molecular flexibility index (Phi) is 2.84. The normalized spacial score (nSPS) is 33.1. The van der Waals surface area contributed by atoms with Crippen molar-refractivity contribution in [2.45, 2.75) is 32.2 Å². The second kappa shape index (κ2) is 3.81. The van der Waals surface area contributed by atoms with Gasteiger partial charge in [0, 0.05) is 6.04 Å². The van der Waals surface area contributed by atoms with Crippen LogP contribution >= 0.6 is 0 Å². The summed E-state index contributed by atoms with van der Waals surface area (Å²) < 4.78 is 22.4. The minimum atomic E-state index is -2.69. The van der Waals surface area contributed by atoms with Crippen LogP contribution in [0.3, 0.4) is 0 Å². The van der Waals surface area contributed by atoms with Crippen molar-refractivity contribution in [2.75, 3.05) is 18.1 Å².